The Kier molecular flexibility index (Phi) is 4.01. The molecule has 0 aliphatic heterocycles. The van der Waals surface area contributed by atoms with Crippen LogP contribution in [0.3, 0.4) is 0 Å². The molecule has 0 bridgehead atoms. The monoisotopic (exact) mass is 288 g/mol. The number of ether oxygens (including phenoxy) is 1. The summed E-state index contributed by atoms with van der Waals surface area (Å²) >= 11 is 4.66. The number of nitrogens with one attached hydrogen (secondary N) is 1. The van der Waals surface area contributed by atoms with Crippen molar-refractivity contribution in [2.45, 2.75) is 16.3 Å². The first kappa shape index (κ1) is 12.8. The van der Waals surface area contributed by atoms with Gasteiger partial charge in [0.05, 0.1) is 16.8 Å². The molecule has 0 saturated heterocycles. The van der Waals surface area contributed by atoms with Crippen molar-refractivity contribution in [3.8, 4) is 0 Å². The number of fused-ring (bicyclic) bond motifs is 1. The highest BCUT2D eigenvalue weighted by Crippen LogP contribution is 2.37. The fraction of sp³-hybridized carbons (Fsp3) is 0.400. The zero-order chi connectivity index (χ0) is 12.4. The number of H-pyrrole nitrogens is 1. The largest absolute Gasteiger partial charge is 0.465 e. The molecule has 0 atom stereocenters. The molecule has 17 heavy (non-hydrogen) atoms. The molecule has 0 amide bonds. The fourth-order valence-corrected chi connectivity index (χ4v) is 3.82. The van der Waals surface area contributed by atoms with Gasteiger partial charge in [0.15, 0.2) is 5.16 Å². The third kappa shape index (κ3) is 2.31. The molecule has 0 aromatic carbocycles. The van der Waals surface area contributed by atoms with E-state index < -0.39 is 0 Å². The minimum absolute atomic E-state index is 0.320. The number of nitrogens with zero attached hydrogens (tertiary/aromatic N) is 1. The zero-order valence-corrected chi connectivity index (χ0v) is 12.1. The number of thioether (sulfide) groups is 2. The second-order valence-corrected chi connectivity index (χ2v) is 6.46. The molecule has 7 heteroatoms. The summed E-state index contributed by atoms with van der Waals surface area (Å²) < 4.78 is 5.84. The van der Waals surface area contributed by atoms with E-state index in [1.165, 1.54) is 18.4 Å². The van der Waals surface area contributed by atoms with Gasteiger partial charge in [0.2, 0.25) is 0 Å². The average molecular weight is 288 g/mol. The Morgan fingerprint density at radius 3 is 2.94 bits per heavy atom. The summed E-state index contributed by atoms with van der Waals surface area (Å²) in [5.74, 6) is 0.627. The maximum Gasteiger partial charge on any atom is 0.350 e. The van der Waals surface area contributed by atoms with Gasteiger partial charge >= 0.3 is 5.97 Å². The molecule has 0 fully saturated rings. The van der Waals surface area contributed by atoms with Crippen LogP contribution in [0.1, 0.15) is 16.6 Å². The van der Waals surface area contributed by atoms with Gasteiger partial charge in [-0.05, 0) is 12.0 Å². The molecule has 0 aliphatic rings. The molecule has 2 heterocycles. The Hall–Kier alpha value is -0.660. The number of hydrogen-bond donors (Lipinski definition) is 1. The van der Waals surface area contributed by atoms with E-state index in [9.17, 15) is 4.79 Å². The third-order valence-corrected chi connectivity index (χ3v) is 5.17. The van der Waals surface area contributed by atoms with Crippen LogP contribution in [0.4, 0.5) is 0 Å². The number of esters is 1. The summed E-state index contributed by atoms with van der Waals surface area (Å²) in [7, 11) is 1.39. The van der Waals surface area contributed by atoms with Crippen LogP contribution in [0.15, 0.2) is 9.37 Å². The SMILES string of the molecule is CCSc1nc2c(C(=O)OC)sc(SC)c2[nH]1. The maximum absolute atomic E-state index is 11.6. The van der Waals surface area contributed by atoms with Gasteiger partial charge in [-0.1, -0.05) is 18.7 Å². The average Bonchev–Trinajstić information content (AvgIpc) is 2.86. The second-order valence-electron chi connectivity index (χ2n) is 3.11. The molecule has 2 rings (SSSR count). The number of aromatic nitrogens is 2. The fourth-order valence-electron chi connectivity index (χ4n) is 1.44. The summed E-state index contributed by atoms with van der Waals surface area (Å²) in [5.41, 5.74) is 1.67. The Bertz CT molecular complexity index is 547. The van der Waals surface area contributed by atoms with Gasteiger partial charge in [-0.2, -0.15) is 0 Å². The van der Waals surface area contributed by atoms with Crippen LogP contribution >= 0.6 is 34.9 Å². The predicted molar refractivity (Wildman–Crippen MR) is 73.5 cm³/mol. The summed E-state index contributed by atoms with van der Waals surface area (Å²) in [5, 5.41) is 0.853. The molecular weight excluding hydrogens is 276 g/mol. The molecule has 2 aromatic rings. The summed E-state index contributed by atoms with van der Waals surface area (Å²) in [6.45, 7) is 2.07. The molecule has 0 spiro atoms. The molecule has 2 aromatic heterocycles. The lowest BCUT2D eigenvalue weighted by atomic mass is 10.4. The van der Waals surface area contributed by atoms with Gasteiger partial charge in [0.25, 0.3) is 0 Å². The number of rotatable bonds is 4. The Balaban J connectivity index is 2.56. The predicted octanol–water partition coefficient (Wildman–Crippen LogP) is 3.24. The standard InChI is InChI=1S/C10H12N2O2S3/c1-4-16-10-11-5-6(12-10)9(15-3)17-7(5)8(13)14-2/h4H2,1-3H3,(H,11,12). The van der Waals surface area contributed by atoms with E-state index in [1.807, 2.05) is 6.26 Å². The number of imidazole rings is 1. The number of aromatic amines is 1. The van der Waals surface area contributed by atoms with E-state index in [-0.39, 0.29) is 5.97 Å². The van der Waals surface area contributed by atoms with Crippen LogP contribution in [0.25, 0.3) is 11.0 Å². The third-order valence-electron chi connectivity index (χ3n) is 2.13. The van der Waals surface area contributed by atoms with Crippen LogP contribution in [0.2, 0.25) is 0 Å². The minimum Gasteiger partial charge on any atom is -0.465 e. The number of carbonyl (C=O) groups excluding carboxylic acids is 1. The van der Waals surface area contributed by atoms with Gasteiger partial charge in [0, 0.05) is 0 Å². The molecule has 4 nitrogen and oxygen atoms in total. The Morgan fingerprint density at radius 2 is 2.35 bits per heavy atom. The van der Waals surface area contributed by atoms with Crippen LogP contribution in [-0.2, 0) is 4.74 Å². The summed E-state index contributed by atoms with van der Waals surface area (Å²) in [6, 6.07) is 0. The van der Waals surface area contributed by atoms with Crippen molar-refractivity contribution in [3.05, 3.63) is 4.88 Å². The first-order chi connectivity index (χ1) is 8.21. The number of hydrogen-bond acceptors (Lipinski definition) is 6. The van der Waals surface area contributed by atoms with E-state index >= 15 is 0 Å². The first-order valence-corrected chi connectivity index (χ1v) is 8.01. The van der Waals surface area contributed by atoms with E-state index in [0.717, 1.165) is 26.2 Å². The quantitative estimate of drug-likeness (QED) is 0.691. The van der Waals surface area contributed by atoms with E-state index in [1.54, 1.807) is 23.5 Å². The number of thiophene rings is 1. The van der Waals surface area contributed by atoms with Crippen molar-refractivity contribution in [3.63, 3.8) is 0 Å². The van der Waals surface area contributed by atoms with E-state index in [4.69, 9.17) is 4.74 Å². The van der Waals surface area contributed by atoms with Crippen LogP contribution in [0.5, 0.6) is 0 Å². The Morgan fingerprint density at radius 1 is 1.59 bits per heavy atom. The van der Waals surface area contributed by atoms with Crippen molar-refractivity contribution in [2.24, 2.45) is 0 Å². The molecular formula is C10H12N2O2S3. The summed E-state index contributed by atoms with van der Waals surface area (Å²) in [6.07, 6.45) is 1.99. The smallest absolute Gasteiger partial charge is 0.350 e. The lowest BCUT2D eigenvalue weighted by Crippen LogP contribution is -1.98. The van der Waals surface area contributed by atoms with E-state index in [0.29, 0.717) is 4.88 Å². The van der Waals surface area contributed by atoms with E-state index in [2.05, 4.69) is 16.9 Å². The second kappa shape index (κ2) is 5.32. The van der Waals surface area contributed by atoms with Crippen LogP contribution < -0.4 is 0 Å². The normalized spacial score (nSPS) is 11.0. The Labute approximate surface area is 112 Å². The van der Waals surface area contributed by atoms with Crippen LogP contribution in [0, 0.1) is 0 Å². The minimum atomic E-state index is -0.320. The molecule has 0 radical (unpaired) electrons. The highest BCUT2D eigenvalue weighted by Gasteiger charge is 2.21. The van der Waals surface area contributed by atoms with Crippen molar-refractivity contribution in [2.75, 3.05) is 19.1 Å². The molecule has 92 valence electrons. The molecule has 0 aliphatic carbocycles. The highest BCUT2D eigenvalue weighted by molar-refractivity contribution is 8.00. The number of carbonyl (C=O) groups is 1. The number of methoxy groups -OCH3 is 1. The lowest BCUT2D eigenvalue weighted by Gasteiger charge is -1.94. The van der Waals surface area contributed by atoms with Crippen molar-refractivity contribution in [1.82, 2.24) is 9.97 Å². The summed E-state index contributed by atoms with van der Waals surface area (Å²) in [4.78, 5) is 19.9. The molecule has 0 saturated carbocycles. The van der Waals surface area contributed by atoms with Gasteiger partial charge in [0.1, 0.15) is 10.4 Å². The van der Waals surface area contributed by atoms with Gasteiger partial charge in [-0.25, -0.2) is 9.78 Å². The molecule has 1 N–H and O–H groups in total. The van der Waals surface area contributed by atoms with Crippen molar-refractivity contribution in [1.29, 1.82) is 0 Å². The van der Waals surface area contributed by atoms with Crippen molar-refractivity contribution < 1.29 is 9.53 Å². The van der Waals surface area contributed by atoms with Gasteiger partial charge in [-0.3, -0.25) is 0 Å². The van der Waals surface area contributed by atoms with Gasteiger partial charge < -0.3 is 9.72 Å². The van der Waals surface area contributed by atoms with Gasteiger partial charge in [-0.15, -0.1) is 23.1 Å². The topological polar surface area (TPSA) is 55.0 Å². The first-order valence-electron chi connectivity index (χ1n) is 4.98. The zero-order valence-electron chi connectivity index (χ0n) is 9.70. The lowest BCUT2D eigenvalue weighted by molar-refractivity contribution is 0.0608. The maximum atomic E-state index is 11.6. The highest BCUT2D eigenvalue weighted by atomic mass is 32.2. The van der Waals surface area contributed by atoms with Crippen molar-refractivity contribution >= 4 is 51.9 Å². The van der Waals surface area contributed by atoms with Crippen LogP contribution in [-0.4, -0.2) is 35.1 Å². The molecule has 0 unspecified atom stereocenters.